The number of ether oxygens (including phenoxy) is 1. The lowest BCUT2D eigenvalue weighted by molar-refractivity contribution is 0.103. The Bertz CT molecular complexity index is 599. The average molecular weight is 249 g/mol. The predicted molar refractivity (Wildman–Crippen MR) is 60.6 cm³/mol. The highest BCUT2D eigenvalue weighted by molar-refractivity contribution is 6.10. The van der Waals surface area contributed by atoms with Crippen molar-refractivity contribution in [1.29, 1.82) is 0 Å². The summed E-state index contributed by atoms with van der Waals surface area (Å²) in [5, 5.41) is 0. The first-order valence-electron chi connectivity index (χ1n) is 5.11. The predicted octanol–water partition coefficient (Wildman–Crippen LogP) is 2.60. The minimum absolute atomic E-state index is 0.0254. The highest BCUT2D eigenvalue weighted by Crippen LogP contribution is 2.23. The van der Waals surface area contributed by atoms with Gasteiger partial charge in [-0.2, -0.15) is 0 Å². The fourth-order valence-corrected chi connectivity index (χ4v) is 1.56. The smallest absolute Gasteiger partial charge is 0.199 e. The fraction of sp³-hybridized carbons (Fsp3) is 0.0769. The number of benzene rings is 1. The minimum atomic E-state index is -0.756. The first-order valence-corrected chi connectivity index (χ1v) is 5.11. The number of hydrogen-bond acceptors (Lipinski definition) is 3. The molecule has 2 aromatic rings. The zero-order valence-corrected chi connectivity index (χ0v) is 9.48. The van der Waals surface area contributed by atoms with E-state index in [1.165, 1.54) is 31.5 Å². The van der Waals surface area contributed by atoms with E-state index in [-0.39, 0.29) is 16.9 Å². The highest BCUT2D eigenvalue weighted by atomic mass is 19.1. The summed E-state index contributed by atoms with van der Waals surface area (Å²) in [7, 11) is 1.35. The maximum absolute atomic E-state index is 13.4. The molecule has 0 aliphatic carbocycles. The van der Waals surface area contributed by atoms with Gasteiger partial charge in [-0.05, 0) is 24.3 Å². The van der Waals surface area contributed by atoms with Crippen molar-refractivity contribution < 1.29 is 18.3 Å². The van der Waals surface area contributed by atoms with E-state index in [2.05, 4.69) is 4.98 Å². The zero-order chi connectivity index (χ0) is 13.1. The summed E-state index contributed by atoms with van der Waals surface area (Å²) in [5.41, 5.74) is -0.198. The molecule has 0 N–H and O–H groups in total. The number of methoxy groups -OCH3 is 1. The fourth-order valence-electron chi connectivity index (χ4n) is 1.56. The second-order valence-corrected chi connectivity index (χ2v) is 3.53. The Labute approximate surface area is 102 Å². The number of hydrogen-bond donors (Lipinski definition) is 0. The maximum atomic E-state index is 13.4. The first-order chi connectivity index (χ1) is 8.63. The van der Waals surface area contributed by atoms with Gasteiger partial charge >= 0.3 is 0 Å². The molecule has 0 unspecified atom stereocenters. The molecule has 0 aliphatic rings. The van der Waals surface area contributed by atoms with Gasteiger partial charge < -0.3 is 4.74 Å². The van der Waals surface area contributed by atoms with Crippen LogP contribution in [0.15, 0.2) is 36.7 Å². The largest absolute Gasteiger partial charge is 0.496 e. The Morgan fingerprint density at radius 3 is 2.67 bits per heavy atom. The number of ketones is 1. The number of nitrogens with zero attached hydrogens (tertiary/aromatic N) is 1. The molecule has 3 nitrogen and oxygen atoms in total. The highest BCUT2D eigenvalue weighted by Gasteiger charge is 2.18. The van der Waals surface area contributed by atoms with E-state index in [1.807, 2.05) is 0 Å². The lowest BCUT2D eigenvalue weighted by Crippen LogP contribution is -2.07. The van der Waals surface area contributed by atoms with Crippen molar-refractivity contribution in [2.75, 3.05) is 7.11 Å². The van der Waals surface area contributed by atoms with E-state index < -0.39 is 17.4 Å². The Morgan fingerprint density at radius 2 is 2.00 bits per heavy atom. The molecule has 1 aromatic heterocycles. The van der Waals surface area contributed by atoms with Crippen LogP contribution in [0.4, 0.5) is 8.78 Å². The van der Waals surface area contributed by atoms with Crippen molar-refractivity contribution in [2.45, 2.75) is 0 Å². The summed E-state index contributed by atoms with van der Waals surface area (Å²) in [6.45, 7) is 0. The molecule has 0 radical (unpaired) electrons. The van der Waals surface area contributed by atoms with Crippen LogP contribution in [0.1, 0.15) is 15.9 Å². The third-order valence-corrected chi connectivity index (χ3v) is 2.42. The number of carbonyl (C=O) groups is 1. The molecule has 0 bridgehead atoms. The zero-order valence-electron chi connectivity index (χ0n) is 9.48. The van der Waals surface area contributed by atoms with Gasteiger partial charge in [0.05, 0.1) is 24.4 Å². The van der Waals surface area contributed by atoms with Crippen LogP contribution < -0.4 is 4.74 Å². The number of pyridine rings is 1. The van der Waals surface area contributed by atoms with E-state index in [1.54, 1.807) is 0 Å². The van der Waals surface area contributed by atoms with Crippen LogP contribution >= 0.6 is 0 Å². The van der Waals surface area contributed by atoms with Gasteiger partial charge in [0.1, 0.15) is 11.6 Å². The van der Waals surface area contributed by atoms with Gasteiger partial charge in [-0.15, -0.1) is 0 Å². The van der Waals surface area contributed by atoms with Crippen molar-refractivity contribution in [1.82, 2.24) is 4.98 Å². The Hall–Kier alpha value is -2.30. The van der Waals surface area contributed by atoms with Crippen LogP contribution in [0, 0.1) is 11.6 Å². The molecule has 2 rings (SSSR count). The third-order valence-electron chi connectivity index (χ3n) is 2.42. The van der Waals surface area contributed by atoms with E-state index in [0.717, 1.165) is 12.3 Å². The van der Waals surface area contributed by atoms with Crippen LogP contribution in [-0.4, -0.2) is 17.9 Å². The molecule has 0 fully saturated rings. The second kappa shape index (κ2) is 4.91. The molecule has 0 aliphatic heterocycles. The third kappa shape index (κ3) is 2.20. The molecule has 92 valence electrons. The molecule has 5 heteroatoms. The van der Waals surface area contributed by atoms with Gasteiger partial charge in [0, 0.05) is 6.20 Å². The topological polar surface area (TPSA) is 39.2 Å². The summed E-state index contributed by atoms with van der Waals surface area (Å²) >= 11 is 0. The van der Waals surface area contributed by atoms with Crippen molar-refractivity contribution in [2.24, 2.45) is 0 Å². The summed E-state index contributed by atoms with van der Waals surface area (Å²) in [5.74, 6) is -1.80. The number of rotatable bonds is 3. The molecule has 1 heterocycles. The van der Waals surface area contributed by atoms with E-state index >= 15 is 0 Å². The number of aromatic nitrogens is 1. The number of carbonyl (C=O) groups excluding carboxylic acids is 1. The molecular weight excluding hydrogens is 240 g/mol. The van der Waals surface area contributed by atoms with Crippen molar-refractivity contribution in [3.63, 3.8) is 0 Å². The van der Waals surface area contributed by atoms with E-state index in [0.29, 0.717) is 0 Å². The first kappa shape index (κ1) is 12.2. The van der Waals surface area contributed by atoms with Crippen molar-refractivity contribution >= 4 is 5.78 Å². The minimum Gasteiger partial charge on any atom is -0.496 e. The van der Waals surface area contributed by atoms with Gasteiger partial charge in [-0.3, -0.25) is 9.78 Å². The molecule has 0 saturated carbocycles. The second-order valence-electron chi connectivity index (χ2n) is 3.53. The summed E-state index contributed by atoms with van der Waals surface area (Å²) in [4.78, 5) is 15.6. The monoisotopic (exact) mass is 249 g/mol. The van der Waals surface area contributed by atoms with Crippen LogP contribution in [-0.2, 0) is 0 Å². The standard InChI is InChI=1S/C13H9F2NO2/c1-18-12-3-2-8(14)6-10(12)13(17)9-4-5-16-7-11(9)15/h2-7H,1H3. The average Bonchev–Trinajstić information content (AvgIpc) is 2.38. The van der Waals surface area contributed by atoms with E-state index in [9.17, 15) is 13.6 Å². The Balaban J connectivity index is 2.52. The number of halogens is 2. The van der Waals surface area contributed by atoms with Gasteiger partial charge in [-0.25, -0.2) is 8.78 Å². The van der Waals surface area contributed by atoms with Crippen LogP contribution in [0.5, 0.6) is 5.75 Å². The van der Waals surface area contributed by atoms with Crippen LogP contribution in [0.2, 0.25) is 0 Å². The Morgan fingerprint density at radius 1 is 1.22 bits per heavy atom. The SMILES string of the molecule is COc1ccc(F)cc1C(=O)c1ccncc1F. The molecule has 0 spiro atoms. The summed E-state index contributed by atoms with van der Waals surface area (Å²) in [6.07, 6.45) is 2.22. The maximum Gasteiger partial charge on any atom is 0.199 e. The van der Waals surface area contributed by atoms with Gasteiger partial charge in [-0.1, -0.05) is 0 Å². The molecule has 0 atom stereocenters. The lowest BCUT2D eigenvalue weighted by Gasteiger charge is -2.08. The van der Waals surface area contributed by atoms with Gasteiger partial charge in [0.2, 0.25) is 0 Å². The molecular formula is C13H9F2NO2. The van der Waals surface area contributed by atoms with Gasteiger partial charge in [0.25, 0.3) is 0 Å². The van der Waals surface area contributed by atoms with Crippen molar-refractivity contribution in [3.8, 4) is 5.75 Å². The van der Waals surface area contributed by atoms with E-state index in [4.69, 9.17) is 4.74 Å². The van der Waals surface area contributed by atoms with Gasteiger partial charge in [0.15, 0.2) is 11.6 Å². The van der Waals surface area contributed by atoms with Crippen LogP contribution in [0.3, 0.4) is 0 Å². The molecule has 0 saturated heterocycles. The normalized spacial score (nSPS) is 10.2. The lowest BCUT2D eigenvalue weighted by atomic mass is 10.0. The molecule has 18 heavy (non-hydrogen) atoms. The molecule has 1 aromatic carbocycles. The Kier molecular flexibility index (Phi) is 3.32. The quantitative estimate of drug-likeness (QED) is 0.785. The van der Waals surface area contributed by atoms with Crippen molar-refractivity contribution in [3.05, 3.63) is 59.4 Å². The summed E-state index contributed by atoms with van der Waals surface area (Å²) in [6, 6.07) is 4.74. The molecule has 0 amide bonds. The summed E-state index contributed by atoms with van der Waals surface area (Å²) < 4.78 is 31.5. The van der Waals surface area contributed by atoms with Crippen LogP contribution in [0.25, 0.3) is 0 Å².